The first-order chi connectivity index (χ1) is 11.7. The third-order valence-electron chi connectivity index (χ3n) is 5.27. The first kappa shape index (κ1) is 17.6. The number of likely N-dealkylation sites (tertiary alicyclic amines) is 1. The SMILES string of the molecule is Cc1ccc(=O)n(CCN2CCN(CCN3CCCCC3)CC2)n1. The zero-order valence-electron chi connectivity index (χ0n) is 15.0. The van der Waals surface area contributed by atoms with Crippen LogP contribution in [-0.4, -0.2) is 83.4 Å². The fraction of sp³-hybridized carbons (Fsp3) is 0.778. The molecular weight excluding hydrogens is 302 g/mol. The van der Waals surface area contributed by atoms with Gasteiger partial charge in [-0.05, 0) is 38.9 Å². The van der Waals surface area contributed by atoms with E-state index in [-0.39, 0.29) is 5.56 Å². The molecule has 0 atom stereocenters. The summed E-state index contributed by atoms with van der Waals surface area (Å²) < 4.78 is 1.60. The predicted octanol–water partition coefficient (Wildman–Crippen LogP) is 0.655. The Labute approximate surface area is 145 Å². The second-order valence-corrected chi connectivity index (χ2v) is 7.12. The van der Waals surface area contributed by atoms with Gasteiger partial charge in [-0.2, -0.15) is 5.10 Å². The molecule has 2 aliphatic rings. The normalized spacial score (nSPS) is 21.2. The van der Waals surface area contributed by atoms with Crippen LogP contribution in [0, 0.1) is 6.92 Å². The first-order valence-electron chi connectivity index (χ1n) is 9.42. The zero-order valence-corrected chi connectivity index (χ0v) is 15.0. The molecule has 0 radical (unpaired) electrons. The molecule has 0 aromatic carbocycles. The van der Waals surface area contributed by atoms with Crippen LogP contribution in [0.2, 0.25) is 0 Å². The number of aryl methyl sites for hydroxylation is 1. The summed E-state index contributed by atoms with van der Waals surface area (Å²) in [5.41, 5.74) is 0.901. The number of hydrogen-bond donors (Lipinski definition) is 0. The van der Waals surface area contributed by atoms with Crippen molar-refractivity contribution < 1.29 is 0 Å². The van der Waals surface area contributed by atoms with Gasteiger partial charge in [-0.15, -0.1) is 0 Å². The second kappa shape index (κ2) is 8.74. The van der Waals surface area contributed by atoms with Gasteiger partial charge in [0, 0.05) is 51.9 Å². The summed E-state index contributed by atoms with van der Waals surface area (Å²) in [6.45, 7) is 13.0. The van der Waals surface area contributed by atoms with Gasteiger partial charge < -0.3 is 4.90 Å². The van der Waals surface area contributed by atoms with E-state index < -0.39 is 0 Å². The van der Waals surface area contributed by atoms with Crippen LogP contribution in [0.3, 0.4) is 0 Å². The lowest BCUT2D eigenvalue weighted by Crippen LogP contribution is -2.49. The fourth-order valence-corrected chi connectivity index (χ4v) is 3.65. The van der Waals surface area contributed by atoms with Gasteiger partial charge >= 0.3 is 0 Å². The smallest absolute Gasteiger partial charge is 0.266 e. The van der Waals surface area contributed by atoms with Crippen molar-refractivity contribution in [2.24, 2.45) is 0 Å². The molecule has 0 saturated carbocycles. The van der Waals surface area contributed by atoms with Crippen LogP contribution in [0.25, 0.3) is 0 Å². The van der Waals surface area contributed by atoms with Gasteiger partial charge in [0.1, 0.15) is 0 Å². The number of hydrogen-bond acceptors (Lipinski definition) is 5. The van der Waals surface area contributed by atoms with Crippen molar-refractivity contribution >= 4 is 0 Å². The van der Waals surface area contributed by atoms with E-state index in [1.54, 1.807) is 16.8 Å². The summed E-state index contributed by atoms with van der Waals surface area (Å²) >= 11 is 0. The van der Waals surface area contributed by atoms with Crippen molar-refractivity contribution in [3.63, 3.8) is 0 Å². The van der Waals surface area contributed by atoms with E-state index in [1.165, 1.54) is 45.4 Å². The van der Waals surface area contributed by atoms with Crippen molar-refractivity contribution in [1.29, 1.82) is 0 Å². The number of aromatic nitrogens is 2. The summed E-state index contributed by atoms with van der Waals surface area (Å²) in [5.74, 6) is 0. The molecule has 6 heteroatoms. The minimum absolute atomic E-state index is 0.000711. The lowest BCUT2D eigenvalue weighted by atomic mass is 10.1. The molecule has 1 aromatic rings. The van der Waals surface area contributed by atoms with Gasteiger partial charge in [0.25, 0.3) is 5.56 Å². The van der Waals surface area contributed by atoms with Crippen LogP contribution in [0.5, 0.6) is 0 Å². The maximum absolute atomic E-state index is 11.8. The van der Waals surface area contributed by atoms with Crippen LogP contribution < -0.4 is 5.56 Å². The lowest BCUT2D eigenvalue weighted by molar-refractivity contribution is 0.110. The highest BCUT2D eigenvalue weighted by atomic mass is 16.1. The molecule has 0 amide bonds. The molecule has 0 N–H and O–H groups in total. The van der Waals surface area contributed by atoms with Gasteiger partial charge in [0.15, 0.2) is 0 Å². The molecule has 0 bridgehead atoms. The average Bonchev–Trinajstić information content (AvgIpc) is 2.62. The van der Waals surface area contributed by atoms with Crippen molar-refractivity contribution in [3.8, 4) is 0 Å². The molecule has 2 aliphatic heterocycles. The molecule has 3 heterocycles. The Bertz CT molecular complexity index is 559. The number of piperazine rings is 1. The van der Waals surface area contributed by atoms with Crippen molar-refractivity contribution in [1.82, 2.24) is 24.5 Å². The first-order valence-corrected chi connectivity index (χ1v) is 9.42. The summed E-state index contributed by atoms with van der Waals surface area (Å²) in [6.07, 6.45) is 4.16. The Balaban J connectivity index is 1.36. The van der Waals surface area contributed by atoms with E-state index >= 15 is 0 Å². The van der Waals surface area contributed by atoms with E-state index in [0.717, 1.165) is 38.4 Å². The molecule has 0 unspecified atom stereocenters. The highest BCUT2D eigenvalue weighted by Crippen LogP contribution is 2.09. The molecule has 2 saturated heterocycles. The van der Waals surface area contributed by atoms with Gasteiger partial charge in [-0.3, -0.25) is 14.6 Å². The third-order valence-corrected chi connectivity index (χ3v) is 5.27. The molecule has 0 aliphatic carbocycles. The molecule has 1 aromatic heterocycles. The third kappa shape index (κ3) is 5.13. The van der Waals surface area contributed by atoms with Crippen LogP contribution in [0.15, 0.2) is 16.9 Å². The number of rotatable bonds is 6. The van der Waals surface area contributed by atoms with E-state index in [0.29, 0.717) is 6.54 Å². The molecule has 0 spiro atoms. The van der Waals surface area contributed by atoms with E-state index in [1.807, 2.05) is 6.92 Å². The summed E-state index contributed by atoms with van der Waals surface area (Å²) in [4.78, 5) is 19.5. The van der Waals surface area contributed by atoms with Crippen molar-refractivity contribution in [2.75, 3.05) is 58.9 Å². The van der Waals surface area contributed by atoms with E-state index in [9.17, 15) is 4.79 Å². The maximum atomic E-state index is 11.8. The summed E-state index contributed by atoms with van der Waals surface area (Å²) in [7, 11) is 0. The predicted molar refractivity (Wildman–Crippen MR) is 96.4 cm³/mol. The lowest BCUT2D eigenvalue weighted by Gasteiger charge is -2.36. The van der Waals surface area contributed by atoms with Gasteiger partial charge in [0.05, 0.1) is 12.2 Å². The van der Waals surface area contributed by atoms with Crippen LogP contribution in [0.1, 0.15) is 25.0 Å². The molecular formula is C18H31N5O. The molecule has 3 rings (SSSR count). The maximum Gasteiger partial charge on any atom is 0.266 e. The van der Waals surface area contributed by atoms with Gasteiger partial charge in [-0.1, -0.05) is 6.42 Å². The Morgan fingerprint density at radius 2 is 1.33 bits per heavy atom. The standard InChI is InChI=1S/C18H31N5O/c1-17-5-6-18(24)23(19-17)16-15-22-13-11-21(12-14-22)10-9-20-7-3-2-4-8-20/h5-6H,2-4,7-16H2,1H3. The fourth-order valence-electron chi connectivity index (χ4n) is 3.65. The van der Waals surface area contributed by atoms with Crippen LogP contribution in [-0.2, 0) is 6.54 Å². The number of piperidine rings is 1. The minimum Gasteiger partial charge on any atom is -0.302 e. The Hall–Kier alpha value is -1.24. The topological polar surface area (TPSA) is 44.6 Å². The quantitative estimate of drug-likeness (QED) is 0.765. The Morgan fingerprint density at radius 3 is 1.96 bits per heavy atom. The van der Waals surface area contributed by atoms with Crippen LogP contribution in [0.4, 0.5) is 0 Å². The second-order valence-electron chi connectivity index (χ2n) is 7.12. The largest absolute Gasteiger partial charge is 0.302 e. The summed E-state index contributed by atoms with van der Waals surface area (Å²) in [6, 6.07) is 3.39. The Morgan fingerprint density at radius 1 is 0.792 bits per heavy atom. The van der Waals surface area contributed by atoms with Gasteiger partial charge in [-0.25, -0.2) is 4.68 Å². The average molecular weight is 333 g/mol. The van der Waals surface area contributed by atoms with E-state index in [4.69, 9.17) is 0 Å². The highest BCUT2D eigenvalue weighted by molar-refractivity contribution is 4.97. The van der Waals surface area contributed by atoms with Crippen molar-refractivity contribution in [3.05, 3.63) is 28.2 Å². The molecule has 2 fully saturated rings. The minimum atomic E-state index is 0.000711. The number of nitrogens with zero attached hydrogens (tertiary/aromatic N) is 5. The molecule has 6 nitrogen and oxygen atoms in total. The van der Waals surface area contributed by atoms with Gasteiger partial charge in [0.2, 0.25) is 0 Å². The zero-order chi connectivity index (χ0) is 16.8. The Kier molecular flexibility index (Phi) is 6.40. The van der Waals surface area contributed by atoms with Crippen LogP contribution >= 0.6 is 0 Å². The molecule has 134 valence electrons. The monoisotopic (exact) mass is 333 g/mol. The van der Waals surface area contributed by atoms with Crippen molar-refractivity contribution in [2.45, 2.75) is 32.7 Å². The molecule has 24 heavy (non-hydrogen) atoms. The van der Waals surface area contributed by atoms with E-state index in [2.05, 4.69) is 19.8 Å². The highest BCUT2D eigenvalue weighted by Gasteiger charge is 2.18. The summed E-state index contributed by atoms with van der Waals surface area (Å²) in [5, 5.41) is 4.31.